The first-order chi connectivity index (χ1) is 10.6. The second-order valence-corrected chi connectivity index (χ2v) is 6.48. The minimum Gasteiger partial charge on any atom is -0.494 e. The molecule has 0 atom stereocenters. The molecule has 1 fully saturated rings. The molecule has 0 bridgehead atoms. The second-order valence-electron chi connectivity index (χ2n) is 5.43. The van der Waals surface area contributed by atoms with Crippen LogP contribution in [0, 0.1) is 5.82 Å². The zero-order valence-electron chi connectivity index (χ0n) is 12.2. The predicted molar refractivity (Wildman–Crippen MR) is 82.8 cm³/mol. The summed E-state index contributed by atoms with van der Waals surface area (Å²) in [5.41, 5.74) is 0. The van der Waals surface area contributed by atoms with Crippen molar-refractivity contribution < 1.29 is 23.8 Å². The summed E-state index contributed by atoms with van der Waals surface area (Å²) < 4.78 is 25.4. The van der Waals surface area contributed by atoms with Crippen molar-refractivity contribution in [1.82, 2.24) is 0 Å². The molecule has 1 aromatic carbocycles. The summed E-state index contributed by atoms with van der Waals surface area (Å²) in [5.74, 6) is -1.11. The number of hydrogen-bond acceptors (Lipinski definition) is 4. The van der Waals surface area contributed by atoms with E-state index in [0.29, 0.717) is 15.8 Å². The third-order valence-electron chi connectivity index (χ3n) is 3.95. The van der Waals surface area contributed by atoms with Gasteiger partial charge in [0.15, 0.2) is 22.2 Å². The summed E-state index contributed by atoms with van der Waals surface area (Å²) in [7, 11) is 1.39. The van der Waals surface area contributed by atoms with Gasteiger partial charge < -0.3 is 14.6 Å². The molecule has 1 saturated carbocycles. The van der Waals surface area contributed by atoms with Crippen molar-refractivity contribution >= 4 is 27.4 Å². The molecule has 0 spiro atoms. The van der Waals surface area contributed by atoms with Crippen LogP contribution in [0.4, 0.5) is 4.39 Å². The average molecular weight is 324 g/mol. The maximum Gasteiger partial charge on any atom is 0.349 e. The number of aromatic carboxylic acids is 1. The van der Waals surface area contributed by atoms with Crippen molar-refractivity contribution in [3.05, 3.63) is 22.8 Å². The van der Waals surface area contributed by atoms with Gasteiger partial charge in [-0.3, -0.25) is 0 Å². The smallest absolute Gasteiger partial charge is 0.349 e. The van der Waals surface area contributed by atoms with Gasteiger partial charge in [0, 0.05) is 10.1 Å². The highest BCUT2D eigenvalue weighted by molar-refractivity contribution is 7.21. The van der Waals surface area contributed by atoms with Crippen LogP contribution in [0.3, 0.4) is 0 Å². The molecule has 4 nitrogen and oxygen atoms in total. The van der Waals surface area contributed by atoms with Gasteiger partial charge in [-0.2, -0.15) is 0 Å². The Bertz CT molecular complexity index is 704. The Morgan fingerprint density at radius 3 is 2.68 bits per heavy atom. The highest BCUT2D eigenvalue weighted by atomic mass is 32.1. The van der Waals surface area contributed by atoms with Crippen LogP contribution in [-0.2, 0) is 0 Å². The van der Waals surface area contributed by atoms with E-state index in [0.717, 1.165) is 37.0 Å². The first kappa shape index (κ1) is 15.1. The minimum absolute atomic E-state index is 0.0284. The number of carboxylic acids is 1. The summed E-state index contributed by atoms with van der Waals surface area (Å²) in [4.78, 5) is 11.6. The second kappa shape index (κ2) is 6.12. The molecule has 0 amide bonds. The van der Waals surface area contributed by atoms with Crippen molar-refractivity contribution in [3.63, 3.8) is 0 Å². The van der Waals surface area contributed by atoms with Gasteiger partial charge in [-0.25, -0.2) is 9.18 Å². The lowest BCUT2D eigenvalue weighted by Gasteiger charge is -2.23. The molecular weight excluding hydrogens is 307 g/mol. The Morgan fingerprint density at radius 2 is 2.05 bits per heavy atom. The van der Waals surface area contributed by atoms with Crippen LogP contribution in [0.2, 0.25) is 0 Å². The van der Waals surface area contributed by atoms with Crippen LogP contribution >= 0.6 is 11.3 Å². The van der Waals surface area contributed by atoms with E-state index < -0.39 is 11.8 Å². The number of carboxylic acid groups (broad SMARTS) is 1. The van der Waals surface area contributed by atoms with Gasteiger partial charge in [-0.05, 0) is 37.8 Å². The van der Waals surface area contributed by atoms with E-state index in [-0.39, 0.29) is 16.7 Å². The lowest BCUT2D eigenvalue weighted by Crippen LogP contribution is -2.20. The molecular formula is C16H17FO4S. The lowest BCUT2D eigenvalue weighted by atomic mass is 9.98. The lowest BCUT2D eigenvalue weighted by molar-refractivity contribution is 0.0693. The number of ether oxygens (including phenoxy) is 2. The SMILES string of the molecule is COc1cc2c(OC3CCCCC3)c(C(=O)O)sc2cc1F. The largest absolute Gasteiger partial charge is 0.494 e. The fraction of sp³-hybridized carbons (Fsp3) is 0.438. The van der Waals surface area contributed by atoms with Gasteiger partial charge in [-0.1, -0.05) is 6.42 Å². The fourth-order valence-corrected chi connectivity index (χ4v) is 3.82. The fourth-order valence-electron chi connectivity index (χ4n) is 2.84. The van der Waals surface area contributed by atoms with E-state index in [1.807, 2.05) is 0 Å². The van der Waals surface area contributed by atoms with E-state index in [1.54, 1.807) is 0 Å². The van der Waals surface area contributed by atoms with Crippen LogP contribution in [0.25, 0.3) is 10.1 Å². The van der Waals surface area contributed by atoms with Gasteiger partial charge in [-0.15, -0.1) is 11.3 Å². The number of rotatable bonds is 4. The average Bonchev–Trinajstić information content (AvgIpc) is 2.85. The van der Waals surface area contributed by atoms with Crippen molar-refractivity contribution in [3.8, 4) is 11.5 Å². The van der Waals surface area contributed by atoms with E-state index in [9.17, 15) is 14.3 Å². The van der Waals surface area contributed by atoms with Gasteiger partial charge in [0.2, 0.25) is 0 Å². The molecule has 0 saturated heterocycles. The highest BCUT2D eigenvalue weighted by Crippen LogP contribution is 2.42. The summed E-state index contributed by atoms with van der Waals surface area (Å²) in [6.45, 7) is 0. The molecule has 0 unspecified atom stereocenters. The van der Waals surface area contributed by atoms with Crippen LogP contribution in [0.5, 0.6) is 11.5 Å². The van der Waals surface area contributed by atoms with Crippen molar-refractivity contribution in [2.24, 2.45) is 0 Å². The molecule has 1 N–H and O–H groups in total. The van der Waals surface area contributed by atoms with Crippen LogP contribution < -0.4 is 9.47 Å². The highest BCUT2D eigenvalue weighted by Gasteiger charge is 2.24. The summed E-state index contributed by atoms with van der Waals surface area (Å²) >= 11 is 1.03. The van der Waals surface area contributed by atoms with E-state index >= 15 is 0 Å². The molecule has 0 aliphatic heterocycles. The van der Waals surface area contributed by atoms with Gasteiger partial charge >= 0.3 is 5.97 Å². The summed E-state index contributed by atoms with van der Waals surface area (Å²) in [6.07, 6.45) is 5.25. The molecule has 0 radical (unpaired) electrons. The molecule has 1 aromatic heterocycles. The number of halogens is 1. The Kier molecular flexibility index (Phi) is 4.20. The van der Waals surface area contributed by atoms with Crippen molar-refractivity contribution in [1.29, 1.82) is 0 Å². The molecule has 3 rings (SSSR count). The number of fused-ring (bicyclic) bond motifs is 1. The molecule has 118 valence electrons. The quantitative estimate of drug-likeness (QED) is 0.902. The first-order valence-electron chi connectivity index (χ1n) is 7.30. The van der Waals surface area contributed by atoms with Gasteiger partial charge in [0.25, 0.3) is 0 Å². The molecule has 2 aromatic rings. The van der Waals surface area contributed by atoms with Gasteiger partial charge in [0.1, 0.15) is 0 Å². The maximum atomic E-state index is 13.8. The van der Waals surface area contributed by atoms with Crippen molar-refractivity contribution in [2.75, 3.05) is 7.11 Å². The number of hydrogen-bond donors (Lipinski definition) is 1. The summed E-state index contributed by atoms with van der Waals surface area (Å²) in [6, 6.07) is 2.82. The van der Waals surface area contributed by atoms with Crippen LogP contribution in [0.1, 0.15) is 41.8 Å². The number of thiophene rings is 1. The molecule has 22 heavy (non-hydrogen) atoms. The summed E-state index contributed by atoms with van der Waals surface area (Å²) in [5, 5.41) is 10.0. The van der Waals surface area contributed by atoms with Gasteiger partial charge in [0.05, 0.1) is 13.2 Å². The van der Waals surface area contributed by atoms with E-state index in [4.69, 9.17) is 9.47 Å². The third-order valence-corrected chi connectivity index (χ3v) is 5.07. The molecule has 6 heteroatoms. The van der Waals surface area contributed by atoms with E-state index in [2.05, 4.69) is 0 Å². The Balaban J connectivity index is 2.07. The third kappa shape index (κ3) is 2.75. The predicted octanol–water partition coefficient (Wildman–Crippen LogP) is 4.46. The number of benzene rings is 1. The van der Waals surface area contributed by atoms with Crippen LogP contribution in [-0.4, -0.2) is 24.3 Å². The standard InChI is InChI=1S/C16H17FO4S/c1-20-12-7-10-13(8-11(12)17)22-15(16(18)19)14(10)21-9-5-3-2-4-6-9/h7-9H,2-6H2,1H3,(H,18,19). The number of carbonyl (C=O) groups is 1. The Labute approximate surface area is 131 Å². The monoisotopic (exact) mass is 324 g/mol. The number of methoxy groups -OCH3 is 1. The van der Waals surface area contributed by atoms with Crippen molar-refractivity contribution in [2.45, 2.75) is 38.2 Å². The zero-order chi connectivity index (χ0) is 15.7. The maximum absolute atomic E-state index is 13.8. The molecule has 1 aliphatic rings. The molecule has 1 heterocycles. The topological polar surface area (TPSA) is 55.8 Å². The first-order valence-corrected chi connectivity index (χ1v) is 8.11. The zero-order valence-corrected chi connectivity index (χ0v) is 13.0. The molecule has 1 aliphatic carbocycles. The Morgan fingerprint density at radius 1 is 1.32 bits per heavy atom. The van der Waals surface area contributed by atoms with Crippen LogP contribution in [0.15, 0.2) is 12.1 Å². The van der Waals surface area contributed by atoms with E-state index in [1.165, 1.54) is 25.7 Å². The minimum atomic E-state index is -1.05. The Hall–Kier alpha value is -1.82. The normalized spacial score (nSPS) is 15.9.